The number of rotatable bonds is 5. The molecule has 23 heavy (non-hydrogen) atoms. The average molecular weight is 322 g/mol. The van der Waals surface area contributed by atoms with Crippen molar-refractivity contribution in [2.75, 3.05) is 5.32 Å². The maximum Gasteiger partial charge on any atom is 0.241 e. The third-order valence-corrected chi connectivity index (χ3v) is 3.45. The molecule has 0 aliphatic carbocycles. The van der Waals surface area contributed by atoms with E-state index < -0.39 is 29.6 Å². The molecule has 0 aliphatic rings. The highest BCUT2D eigenvalue weighted by atomic mass is 19.1. The quantitative estimate of drug-likeness (QED) is 0.879. The van der Waals surface area contributed by atoms with Gasteiger partial charge in [0, 0.05) is 17.7 Å². The minimum atomic E-state index is -0.854. The van der Waals surface area contributed by atoms with E-state index in [9.17, 15) is 18.0 Å². The number of carbonyl (C=O) groups excluding carboxylic acids is 1. The van der Waals surface area contributed by atoms with Gasteiger partial charge in [-0.25, -0.2) is 13.2 Å². The molecular weight excluding hydrogens is 305 g/mol. The Hall–Kier alpha value is -2.34. The molecule has 2 N–H and O–H groups in total. The number of amides is 1. The predicted molar refractivity (Wildman–Crippen MR) is 82.4 cm³/mol. The molecule has 2 aromatic carbocycles. The van der Waals surface area contributed by atoms with Gasteiger partial charge < -0.3 is 5.32 Å². The molecule has 0 spiro atoms. The van der Waals surface area contributed by atoms with Crippen molar-refractivity contribution >= 4 is 11.6 Å². The van der Waals surface area contributed by atoms with E-state index in [-0.39, 0.29) is 11.5 Å². The van der Waals surface area contributed by atoms with Crippen LogP contribution in [0.2, 0.25) is 0 Å². The lowest BCUT2D eigenvalue weighted by Crippen LogP contribution is -2.39. The molecule has 2 atom stereocenters. The third kappa shape index (κ3) is 4.32. The Morgan fingerprint density at radius 1 is 1.00 bits per heavy atom. The first kappa shape index (κ1) is 17.0. The first-order chi connectivity index (χ1) is 10.9. The number of nitrogens with one attached hydrogen (secondary N) is 2. The number of hydrogen-bond acceptors (Lipinski definition) is 2. The molecule has 0 heterocycles. The average Bonchev–Trinajstić information content (AvgIpc) is 2.50. The zero-order valence-corrected chi connectivity index (χ0v) is 12.7. The van der Waals surface area contributed by atoms with Crippen LogP contribution in [0.4, 0.5) is 18.9 Å². The van der Waals surface area contributed by atoms with Crippen molar-refractivity contribution in [3.05, 3.63) is 65.5 Å². The van der Waals surface area contributed by atoms with Crippen LogP contribution in [0.25, 0.3) is 0 Å². The Morgan fingerprint density at radius 3 is 2.35 bits per heavy atom. The van der Waals surface area contributed by atoms with Crippen LogP contribution >= 0.6 is 0 Å². The zero-order chi connectivity index (χ0) is 17.0. The molecule has 1 amide bonds. The molecule has 0 saturated heterocycles. The second-order valence-electron chi connectivity index (χ2n) is 5.24. The fraction of sp³-hybridized carbons (Fsp3) is 0.235. The van der Waals surface area contributed by atoms with Crippen LogP contribution in [0.3, 0.4) is 0 Å². The van der Waals surface area contributed by atoms with Crippen LogP contribution in [0.1, 0.15) is 25.5 Å². The second-order valence-corrected chi connectivity index (χ2v) is 5.24. The standard InChI is InChI=1S/C17H17F3N2O/c1-10(13-5-3-4-6-14(13)19)21-11(2)17(23)22-16-8-7-12(18)9-15(16)20/h3-11,21H,1-2H3,(H,22,23). The second kappa shape index (κ2) is 7.28. The number of anilines is 1. The normalized spacial score (nSPS) is 13.4. The van der Waals surface area contributed by atoms with Crippen molar-refractivity contribution in [3.63, 3.8) is 0 Å². The monoisotopic (exact) mass is 322 g/mol. The first-order valence-corrected chi connectivity index (χ1v) is 7.15. The van der Waals surface area contributed by atoms with Gasteiger partial charge in [0.1, 0.15) is 17.5 Å². The minimum absolute atomic E-state index is 0.108. The van der Waals surface area contributed by atoms with Gasteiger partial charge in [-0.1, -0.05) is 18.2 Å². The van der Waals surface area contributed by atoms with E-state index in [1.165, 1.54) is 6.07 Å². The van der Waals surface area contributed by atoms with E-state index >= 15 is 0 Å². The molecular formula is C17H17F3N2O. The van der Waals surface area contributed by atoms with E-state index in [0.29, 0.717) is 11.6 Å². The van der Waals surface area contributed by atoms with Gasteiger partial charge in [-0.05, 0) is 32.0 Å². The Kier molecular flexibility index (Phi) is 5.39. The summed E-state index contributed by atoms with van der Waals surface area (Å²) in [5.41, 5.74) is 0.323. The summed E-state index contributed by atoms with van der Waals surface area (Å²) < 4.78 is 40.1. The van der Waals surface area contributed by atoms with Gasteiger partial charge >= 0.3 is 0 Å². The minimum Gasteiger partial charge on any atom is -0.322 e. The maximum absolute atomic E-state index is 13.7. The lowest BCUT2D eigenvalue weighted by molar-refractivity contribution is -0.118. The molecule has 0 aliphatic heterocycles. The Labute approximate surface area is 132 Å². The molecule has 2 rings (SSSR count). The Bertz CT molecular complexity index is 706. The molecule has 6 heteroatoms. The molecule has 3 nitrogen and oxygen atoms in total. The Balaban J connectivity index is 2.01. The largest absolute Gasteiger partial charge is 0.322 e. The lowest BCUT2D eigenvalue weighted by atomic mass is 10.1. The first-order valence-electron chi connectivity index (χ1n) is 7.15. The van der Waals surface area contributed by atoms with Crippen LogP contribution in [0.5, 0.6) is 0 Å². The van der Waals surface area contributed by atoms with Crippen molar-refractivity contribution in [3.8, 4) is 0 Å². The summed E-state index contributed by atoms with van der Waals surface area (Å²) in [6.07, 6.45) is 0. The van der Waals surface area contributed by atoms with Crippen LogP contribution in [0.15, 0.2) is 42.5 Å². The fourth-order valence-corrected chi connectivity index (χ4v) is 2.20. The molecule has 0 fully saturated rings. The van der Waals surface area contributed by atoms with Gasteiger partial charge in [0.25, 0.3) is 0 Å². The van der Waals surface area contributed by atoms with Crippen molar-refractivity contribution in [2.24, 2.45) is 0 Å². The summed E-state index contributed by atoms with van der Waals surface area (Å²) in [6, 6.07) is 8.03. The van der Waals surface area contributed by atoms with Crippen molar-refractivity contribution < 1.29 is 18.0 Å². The molecule has 0 aromatic heterocycles. The molecule has 2 aromatic rings. The van der Waals surface area contributed by atoms with E-state index in [1.807, 2.05) is 0 Å². The molecule has 2 unspecified atom stereocenters. The topological polar surface area (TPSA) is 41.1 Å². The van der Waals surface area contributed by atoms with Crippen LogP contribution in [-0.2, 0) is 4.79 Å². The van der Waals surface area contributed by atoms with Crippen molar-refractivity contribution in [2.45, 2.75) is 25.9 Å². The number of halogens is 3. The summed E-state index contributed by atoms with van der Waals surface area (Å²) >= 11 is 0. The predicted octanol–water partition coefficient (Wildman–Crippen LogP) is 3.78. The maximum atomic E-state index is 13.7. The third-order valence-electron chi connectivity index (χ3n) is 3.45. The van der Waals surface area contributed by atoms with Gasteiger partial charge in [0.15, 0.2) is 0 Å². The molecule has 0 radical (unpaired) electrons. The fourth-order valence-electron chi connectivity index (χ4n) is 2.20. The van der Waals surface area contributed by atoms with Gasteiger partial charge in [-0.15, -0.1) is 0 Å². The van der Waals surface area contributed by atoms with Gasteiger partial charge in [0.05, 0.1) is 11.7 Å². The van der Waals surface area contributed by atoms with Crippen LogP contribution < -0.4 is 10.6 Å². The molecule has 0 saturated carbocycles. The van der Waals surface area contributed by atoms with Gasteiger partial charge in [0.2, 0.25) is 5.91 Å². The van der Waals surface area contributed by atoms with E-state index in [1.54, 1.807) is 32.0 Å². The highest BCUT2D eigenvalue weighted by Gasteiger charge is 2.19. The number of hydrogen-bond donors (Lipinski definition) is 2. The summed E-state index contributed by atoms with van der Waals surface area (Å²) in [6.45, 7) is 3.30. The highest BCUT2D eigenvalue weighted by Crippen LogP contribution is 2.18. The summed E-state index contributed by atoms with van der Waals surface area (Å²) in [4.78, 5) is 12.1. The lowest BCUT2D eigenvalue weighted by Gasteiger charge is -2.20. The van der Waals surface area contributed by atoms with Gasteiger partial charge in [-0.3, -0.25) is 10.1 Å². The molecule has 122 valence electrons. The number of carbonyl (C=O) groups is 1. The van der Waals surface area contributed by atoms with E-state index in [2.05, 4.69) is 10.6 Å². The summed E-state index contributed by atoms with van der Waals surface area (Å²) in [5.74, 6) is -2.45. The van der Waals surface area contributed by atoms with E-state index in [4.69, 9.17) is 0 Å². The van der Waals surface area contributed by atoms with Crippen LogP contribution in [0, 0.1) is 17.5 Å². The van der Waals surface area contributed by atoms with E-state index in [0.717, 1.165) is 12.1 Å². The SMILES string of the molecule is CC(NC(C)c1ccccc1F)C(=O)Nc1ccc(F)cc1F. The summed E-state index contributed by atoms with van der Waals surface area (Å²) in [5, 5.41) is 5.31. The van der Waals surface area contributed by atoms with Crippen LogP contribution in [-0.4, -0.2) is 11.9 Å². The van der Waals surface area contributed by atoms with Crippen molar-refractivity contribution in [1.82, 2.24) is 5.32 Å². The smallest absolute Gasteiger partial charge is 0.241 e. The molecule has 0 bridgehead atoms. The van der Waals surface area contributed by atoms with Crippen molar-refractivity contribution in [1.29, 1.82) is 0 Å². The number of benzene rings is 2. The zero-order valence-electron chi connectivity index (χ0n) is 12.7. The Morgan fingerprint density at radius 2 is 1.70 bits per heavy atom. The van der Waals surface area contributed by atoms with Gasteiger partial charge in [-0.2, -0.15) is 0 Å². The summed E-state index contributed by atoms with van der Waals surface area (Å²) in [7, 11) is 0. The highest BCUT2D eigenvalue weighted by molar-refractivity contribution is 5.94.